The van der Waals surface area contributed by atoms with Gasteiger partial charge < -0.3 is 29.5 Å². The van der Waals surface area contributed by atoms with E-state index in [0.29, 0.717) is 24.5 Å². The molecule has 9 heteroatoms. The first kappa shape index (κ1) is 21.3. The topological polar surface area (TPSA) is 97.3 Å². The molecule has 2 unspecified atom stereocenters. The third kappa shape index (κ3) is 4.43. The Labute approximate surface area is 174 Å². The van der Waals surface area contributed by atoms with Gasteiger partial charge in [0.1, 0.15) is 6.61 Å². The van der Waals surface area contributed by atoms with Crippen LogP contribution in [-0.2, 0) is 14.3 Å². The van der Waals surface area contributed by atoms with E-state index >= 15 is 0 Å². The van der Waals surface area contributed by atoms with Gasteiger partial charge in [-0.1, -0.05) is 11.6 Å². The van der Waals surface area contributed by atoms with Gasteiger partial charge in [0.15, 0.2) is 11.5 Å². The molecule has 2 aliphatic rings. The SMILES string of the molecule is CCOc1cc(C2NC(=O)N(C)C(C)=C2C(=O)OCC2CCCO2)cc(Cl)c1O. The Bertz CT molecular complexity index is 835. The van der Waals surface area contributed by atoms with Crippen LogP contribution in [0.5, 0.6) is 11.5 Å². The number of allylic oxidation sites excluding steroid dienone is 1. The first-order valence-electron chi connectivity index (χ1n) is 9.52. The van der Waals surface area contributed by atoms with Gasteiger partial charge in [-0.05, 0) is 44.4 Å². The van der Waals surface area contributed by atoms with E-state index in [1.165, 1.54) is 11.0 Å². The number of urea groups is 1. The van der Waals surface area contributed by atoms with Crippen molar-refractivity contribution in [1.29, 1.82) is 0 Å². The molecule has 8 nitrogen and oxygen atoms in total. The van der Waals surface area contributed by atoms with Crippen molar-refractivity contribution < 1.29 is 28.9 Å². The lowest BCUT2D eigenvalue weighted by Crippen LogP contribution is -2.46. The van der Waals surface area contributed by atoms with Crippen molar-refractivity contribution in [3.8, 4) is 11.5 Å². The van der Waals surface area contributed by atoms with Crippen molar-refractivity contribution in [2.75, 3.05) is 26.9 Å². The molecule has 0 bridgehead atoms. The molecule has 158 valence electrons. The molecule has 0 aromatic heterocycles. The second kappa shape index (κ2) is 8.92. The van der Waals surface area contributed by atoms with E-state index in [0.717, 1.165) is 12.8 Å². The molecule has 1 aromatic carbocycles. The fourth-order valence-corrected chi connectivity index (χ4v) is 3.62. The number of nitrogens with zero attached hydrogens (tertiary/aromatic N) is 1. The molecule has 0 radical (unpaired) electrons. The maximum Gasteiger partial charge on any atom is 0.338 e. The molecule has 0 spiro atoms. The van der Waals surface area contributed by atoms with Crippen LogP contribution in [0.1, 0.15) is 38.3 Å². The van der Waals surface area contributed by atoms with Gasteiger partial charge in [0.2, 0.25) is 0 Å². The Balaban J connectivity index is 1.94. The number of carbonyl (C=O) groups is 2. The Morgan fingerprint density at radius 3 is 2.86 bits per heavy atom. The molecule has 0 saturated carbocycles. The molecule has 3 rings (SSSR count). The van der Waals surface area contributed by atoms with Gasteiger partial charge in [0.05, 0.1) is 29.3 Å². The second-order valence-electron chi connectivity index (χ2n) is 6.96. The van der Waals surface area contributed by atoms with Crippen molar-refractivity contribution in [1.82, 2.24) is 10.2 Å². The standard InChI is InChI=1S/C20H25ClN2O6/c1-4-27-15-9-12(8-14(21)18(15)24)17-16(11(2)23(3)20(26)22-17)19(25)29-10-13-6-5-7-28-13/h8-9,13,17,24H,4-7,10H2,1-3H3,(H,22,26). The molecule has 1 fully saturated rings. The highest BCUT2D eigenvalue weighted by atomic mass is 35.5. The molecule has 2 amide bonds. The summed E-state index contributed by atoms with van der Waals surface area (Å²) >= 11 is 6.15. The van der Waals surface area contributed by atoms with E-state index in [1.807, 2.05) is 0 Å². The maximum atomic E-state index is 12.9. The number of ether oxygens (including phenoxy) is 3. The van der Waals surface area contributed by atoms with Crippen molar-refractivity contribution in [2.24, 2.45) is 0 Å². The summed E-state index contributed by atoms with van der Waals surface area (Å²) in [5, 5.41) is 13.0. The molecule has 2 heterocycles. The fraction of sp³-hybridized carbons (Fsp3) is 0.500. The predicted octanol–water partition coefficient (Wildman–Crippen LogP) is 3.14. The smallest absolute Gasteiger partial charge is 0.338 e. The number of aromatic hydroxyl groups is 1. The molecule has 2 aliphatic heterocycles. The summed E-state index contributed by atoms with van der Waals surface area (Å²) in [7, 11) is 1.57. The van der Waals surface area contributed by atoms with Crippen LogP contribution in [0.3, 0.4) is 0 Å². The number of nitrogens with one attached hydrogen (secondary N) is 1. The van der Waals surface area contributed by atoms with Crippen molar-refractivity contribution >= 4 is 23.6 Å². The van der Waals surface area contributed by atoms with Gasteiger partial charge in [-0.15, -0.1) is 0 Å². The van der Waals surface area contributed by atoms with E-state index in [9.17, 15) is 14.7 Å². The number of carbonyl (C=O) groups excluding carboxylic acids is 2. The average molecular weight is 425 g/mol. The minimum absolute atomic E-state index is 0.0591. The average Bonchev–Trinajstić information content (AvgIpc) is 3.21. The lowest BCUT2D eigenvalue weighted by atomic mass is 9.94. The van der Waals surface area contributed by atoms with Crippen molar-refractivity contribution in [3.05, 3.63) is 34.0 Å². The number of rotatable bonds is 6. The summed E-state index contributed by atoms with van der Waals surface area (Å²) in [6.07, 6.45) is 1.68. The summed E-state index contributed by atoms with van der Waals surface area (Å²) in [4.78, 5) is 26.7. The number of hydrogen-bond acceptors (Lipinski definition) is 6. The molecule has 0 aliphatic carbocycles. The van der Waals surface area contributed by atoms with Crippen molar-refractivity contribution in [3.63, 3.8) is 0 Å². The zero-order valence-electron chi connectivity index (χ0n) is 16.7. The van der Waals surface area contributed by atoms with Crippen LogP contribution >= 0.6 is 11.6 Å². The summed E-state index contributed by atoms with van der Waals surface area (Å²) in [6.45, 7) is 4.59. The number of phenols is 1. The van der Waals surface area contributed by atoms with Crippen LogP contribution in [0.15, 0.2) is 23.4 Å². The zero-order valence-corrected chi connectivity index (χ0v) is 17.4. The highest BCUT2D eigenvalue weighted by molar-refractivity contribution is 6.32. The van der Waals surface area contributed by atoms with E-state index < -0.39 is 12.0 Å². The van der Waals surface area contributed by atoms with Crippen LogP contribution in [0, 0.1) is 0 Å². The molecule has 29 heavy (non-hydrogen) atoms. The van der Waals surface area contributed by atoms with Crippen LogP contribution in [0.25, 0.3) is 0 Å². The number of hydrogen-bond donors (Lipinski definition) is 2. The third-order valence-corrected chi connectivity index (χ3v) is 5.37. The molecule has 2 atom stereocenters. The van der Waals surface area contributed by atoms with Crippen molar-refractivity contribution in [2.45, 2.75) is 38.8 Å². The molecule has 2 N–H and O–H groups in total. The van der Waals surface area contributed by atoms with Crippen LogP contribution in [-0.4, -0.2) is 55.0 Å². The molecular formula is C20H25ClN2O6. The van der Waals surface area contributed by atoms with Gasteiger partial charge in [0, 0.05) is 19.4 Å². The third-order valence-electron chi connectivity index (χ3n) is 5.08. The van der Waals surface area contributed by atoms with E-state index in [4.69, 9.17) is 25.8 Å². The van der Waals surface area contributed by atoms with E-state index in [-0.39, 0.29) is 40.8 Å². The highest BCUT2D eigenvalue weighted by Crippen LogP contribution is 2.40. The van der Waals surface area contributed by atoms with E-state index in [2.05, 4.69) is 5.32 Å². The fourth-order valence-electron chi connectivity index (χ4n) is 3.40. The Hall–Kier alpha value is -2.45. The Morgan fingerprint density at radius 2 is 2.21 bits per heavy atom. The van der Waals surface area contributed by atoms with Crippen LogP contribution in [0.2, 0.25) is 5.02 Å². The number of phenolic OH excluding ortho intramolecular Hbond substituents is 1. The lowest BCUT2D eigenvalue weighted by molar-refractivity contribution is -0.142. The summed E-state index contributed by atoms with van der Waals surface area (Å²) < 4.78 is 16.4. The van der Waals surface area contributed by atoms with Gasteiger partial charge in [-0.2, -0.15) is 0 Å². The maximum absolute atomic E-state index is 12.9. The highest BCUT2D eigenvalue weighted by Gasteiger charge is 2.36. The molecule has 1 saturated heterocycles. The zero-order chi connectivity index (χ0) is 21.1. The van der Waals surface area contributed by atoms with Gasteiger partial charge in [-0.3, -0.25) is 0 Å². The summed E-state index contributed by atoms with van der Waals surface area (Å²) in [5.41, 5.74) is 1.26. The largest absolute Gasteiger partial charge is 0.503 e. The Morgan fingerprint density at radius 1 is 1.45 bits per heavy atom. The van der Waals surface area contributed by atoms with E-state index in [1.54, 1.807) is 27.0 Å². The number of amides is 2. The van der Waals surface area contributed by atoms with Gasteiger partial charge in [-0.25, -0.2) is 9.59 Å². The van der Waals surface area contributed by atoms with Gasteiger partial charge >= 0.3 is 12.0 Å². The normalized spacial score (nSPS) is 21.9. The second-order valence-corrected chi connectivity index (χ2v) is 7.36. The van der Waals surface area contributed by atoms with Crippen LogP contribution < -0.4 is 10.1 Å². The minimum Gasteiger partial charge on any atom is -0.503 e. The minimum atomic E-state index is -0.798. The predicted molar refractivity (Wildman–Crippen MR) is 106 cm³/mol. The van der Waals surface area contributed by atoms with Crippen LogP contribution in [0.4, 0.5) is 4.79 Å². The van der Waals surface area contributed by atoms with Gasteiger partial charge in [0.25, 0.3) is 0 Å². The first-order chi connectivity index (χ1) is 13.8. The quantitative estimate of drug-likeness (QED) is 0.681. The Kier molecular flexibility index (Phi) is 6.54. The monoisotopic (exact) mass is 424 g/mol. The summed E-state index contributed by atoms with van der Waals surface area (Å²) in [6, 6.07) is 1.89. The summed E-state index contributed by atoms with van der Waals surface area (Å²) in [5.74, 6) is -0.565. The molecular weight excluding hydrogens is 400 g/mol. The molecule has 1 aromatic rings. The number of benzene rings is 1. The lowest BCUT2D eigenvalue weighted by Gasteiger charge is -2.33. The number of halogens is 1. The first-order valence-corrected chi connectivity index (χ1v) is 9.90. The number of esters is 1.